The molecule has 3 aromatic carbocycles. The summed E-state index contributed by atoms with van der Waals surface area (Å²) >= 11 is 5.58. The van der Waals surface area contributed by atoms with Crippen LogP contribution in [-0.2, 0) is 6.42 Å². The molecule has 3 heteroatoms. The maximum atomic E-state index is 5.92. The fraction of sp³-hybridized carbons (Fsp3) is 0.0455. The minimum atomic E-state index is 0.529. The van der Waals surface area contributed by atoms with Crippen LogP contribution in [0.25, 0.3) is 11.0 Å². The Hall–Kier alpha value is -2.91. The van der Waals surface area contributed by atoms with Crippen molar-refractivity contribution in [2.45, 2.75) is 6.42 Å². The molecule has 0 spiro atoms. The number of hydrogen-bond donors (Lipinski definition) is 1. The highest BCUT2D eigenvalue weighted by molar-refractivity contribution is 7.71. The van der Waals surface area contributed by atoms with Crippen molar-refractivity contribution in [3.63, 3.8) is 0 Å². The highest BCUT2D eigenvalue weighted by Gasteiger charge is 2.13. The van der Waals surface area contributed by atoms with E-state index in [-0.39, 0.29) is 0 Å². The zero-order valence-corrected chi connectivity index (χ0v) is 14.4. The minimum Gasteiger partial charge on any atom is -0.445 e. The summed E-state index contributed by atoms with van der Waals surface area (Å²) in [5.74, 6) is 0. The molecule has 0 aliphatic rings. The van der Waals surface area contributed by atoms with Crippen LogP contribution in [0.2, 0.25) is 0 Å². The van der Waals surface area contributed by atoms with E-state index >= 15 is 0 Å². The lowest BCUT2D eigenvalue weighted by Crippen LogP contribution is -2.00. The first kappa shape index (κ1) is 15.6. The topological polar surface area (TPSA) is 25.2 Å². The molecular weight excluding hydrogens is 326 g/mol. The van der Waals surface area contributed by atoms with Gasteiger partial charge in [0.2, 0.25) is 0 Å². The molecule has 25 heavy (non-hydrogen) atoms. The molecule has 0 saturated carbocycles. The van der Waals surface area contributed by atoms with Gasteiger partial charge in [-0.1, -0.05) is 60.7 Å². The Morgan fingerprint density at radius 2 is 1.40 bits per heavy atom. The SMILES string of the molecule is S=c1oc2ccccc2c(Nc2ccccc2)c1Cc1ccccc1. The summed E-state index contributed by atoms with van der Waals surface area (Å²) in [7, 11) is 0. The van der Waals surface area contributed by atoms with Gasteiger partial charge in [-0.05, 0) is 42.0 Å². The van der Waals surface area contributed by atoms with Crippen LogP contribution in [0.4, 0.5) is 11.4 Å². The van der Waals surface area contributed by atoms with Gasteiger partial charge in [-0.2, -0.15) is 0 Å². The highest BCUT2D eigenvalue weighted by Crippen LogP contribution is 2.33. The summed E-state index contributed by atoms with van der Waals surface area (Å²) in [6, 6.07) is 28.5. The summed E-state index contributed by atoms with van der Waals surface area (Å²) in [5, 5.41) is 4.58. The number of nitrogens with one attached hydrogen (secondary N) is 1. The van der Waals surface area contributed by atoms with E-state index in [4.69, 9.17) is 16.6 Å². The highest BCUT2D eigenvalue weighted by atomic mass is 32.1. The van der Waals surface area contributed by atoms with Crippen LogP contribution >= 0.6 is 12.2 Å². The van der Waals surface area contributed by atoms with Crippen molar-refractivity contribution in [2.24, 2.45) is 0 Å². The van der Waals surface area contributed by atoms with E-state index < -0.39 is 0 Å². The summed E-state index contributed by atoms with van der Waals surface area (Å²) in [5.41, 5.74) is 5.05. The van der Waals surface area contributed by atoms with Crippen LogP contribution in [0.5, 0.6) is 0 Å². The van der Waals surface area contributed by atoms with Crippen molar-refractivity contribution in [2.75, 3.05) is 5.32 Å². The molecule has 4 rings (SSSR count). The zero-order chi connectivity index (χ0) is 17.1. The third kappa shape index (κ3) is 3.32. The summed E-state index contributed by atoms with van der Waals surface area (Å²) in [6.45, 7) is 0. The quantitative estimate of drug-likeness (QED) is 0.428. The molecule has 1 heterocycles. The molecule has 0 saturated heterocycles. The predicted molar refractivity (Wildman–Crippen MR) is 106 cm³/mol. The molecule has 1 aromatic heterocycles. The molecule has 0 aliphatic heterocycles. The Labute approximate surface area is 151 Å². The van der Waals surface area contributed by atoms with Crippen molar-refractivity contribution in [3.8, 4) is 0 Å². The van der Waals surface area contributed by atoms with E-state index in [2.05, 4.69) is 23.5 Å². The van der Waals surface area contributed by atoms with E-state index in [1.165, 1.54) is 5.56 Å². The number of hydrogen-bond acceptors (Lipinski definition) is 3. The van der Waals surface area contributed by atoms with Crippen LogP contribution in [0.15, 0.2) is 89.3 Å². The molecular formula is C22H17NOS. The zero-order valence-electron chi connectivity index (χ0n) is 13.6. The van der Waals surface area contributed by atoms with Crippen LogP contribution in [0, 0.1) is 4.71 Å². The largest absolute Gasteiger partial charge is 0.445 e. The first-order chi connectivity index (χ1) is 12.3. The van der Waals surface area contributed by atoms with Gasteiger partial charge in [-0.15, -0.1) is 0 Å². The average molecular weight is 343 g/mol. The van der Waals surface area contributed by atoms with Gasteiger partial charge in [-0.3, -0.25) is 0 Å². The molecule has 0 atom stereocenters. The van der Waals surface area contributed by atoms with Crippen molar-refractivity contribution in [3.05, 3.63) is 101 Å². The van der Waals surface area contributed by atoms with Gasteiger partial charge < -0.3 is 9.73 Å². The number of benzene rings is 3. The first-order valence-electron chi connectivity index (χ1n) is 8.22. The first-order valence-corrected chi connectivity index (χ1v) is 8.63. The van der Waals surface area contributed by atoms with Gasteiger partial charge in [0.25, 0.3) is 0 Å². The molecule has 0 amide bonds. The van der Waals surface area contributed by atoms with E-state index in [1.807, 2.05) is 66.7 Å². The molecule has 0 fully saturated rings. The molecule has 0 unspecified atom stereocenters. The molecule has 0 bridgehead atoms. The molecule has 2 nitrogen and oxygen atoms in total. The predicted octanol–water partition coefficient (Wildman–Crippen LogP) is 6.50. The maximum Gasteiger partial charge on any atom is 0.196 e. The molecule has 1 N–H and O–H groups in total. The number of rotatable bonds is 4. The maximum absolute atomic E-state index is 5.92. The second kappa shape index (κ2) is 6.91. The number of fused-ring (bicyclic) bond motifs is 1. The Kier molecular flexibility index (Phi) is 4.32. The van der Waals surface area contributed by atoms with Crippen molar-refractivity contribution in [1.29, 1.82) is 0 Å². The smallest absolute Gasteiger partial charge is 0.196 e. The fourth-order valence-electron chi connectivity index (χ4n) is 2.96. The van der Waals surface area contributed by atoms with E-state index in [0.29, 0.717) is 4.71 Å². The lowest BCUT2D eigenvalue weighted by molar-refractivity contribution is 0.579. The second-order valence-electron chi connectivity index (χ2n) is 5.89. The lowest BCUT2D eigenvalue weighted by atomic mass is 10.0. The Bertz CT molecular complexity index is 1060. The monoisotopic (exact) mass is 343 g/mol. The van der Waals surface area contributed by atoms with Crippen molar-refractivity contribution >= 4 is 34.6 Å². The third-order valence-corrected chi connectivity index (χ3v) is 4.50. The Balaban J connectivity index is 1.89. The Morgan fingerprint density at radius 1 is 0.760 bits per heavy atom. The van der Waals surface area contributed by atoms with Crippen molar-refractivity contribution < 1.29 is 4.42 Å². The van der Waals surface area contributed by atoms with Crippen LogP contribution < -0.4 is 5.32 Å². The van der Waals surface area contributed by atoms with Crippen LogP contribution in [-0.4, -0.2) is 0 Å². The second-order valence-corrected chi connectivity index (χ2v) is 6.26. The summed E-state index contributed by atoms with van der Waals surface area (Å²) in [6.07, 6.45) is 0.725. The van der Waals surface area contributed by atoms with Crippen LogP contribution in [0.1, 0.15) is 11.1 Å². The van der Waals surface area contributed by atoms with Gasteiger partial charge in [0.15, 0.2) is 4.71 Å². The normalized spacial score (nSPS) is 10.7. The van der Waals surface area contributed by atoms with Gasteiger partial charge >= 0.3 is 0 Å². The van der Waals surface area contributed by atoms with E-state index in [1.54, 1.807) is 0 Å². The van der Waals surface area contributed by atoms with E-state index in [9.17, 15) is 0 Å². The lowest BCUT2D eigenvalue weighted by Gasteiger charge is -2.15. The van der Waals surface area contributed by atoms with E-state index in [0.717, 1.165) is 34.3 Å². The Morgan fingerprint density at radius 3 is 2.16 bits per heavy atom. The van der Waals surface area contributed by atoms with Crippen molar-refractivity contribution in [1.82, 2.24) is 0 Å². The molecule has 0 radical (unpaired) electrons. The third-order valence-electron chi connectivity index (χ3n) is 4.17. The average Bonchev–Trinajstić information content (AvgIpc) is 2.66. The van der Waals surface area contributed by atoms with Gasteiger partial charge in [0.1, 0.15) is 5.58 Å². The number of para-hydroxylation sites is 2. The van der Waals surface area contributed by atoms with Gasteiger partial charge in [-0.25, -0.2) is 0 Å². The number of anilines is 2. The molecule has 122 valence electrons. The van der Waals surface area contributed by atoms with Gasteiger partial charge in [0.05, 0.1) is 5.69 Å². The molecule has 4 aromatic rings. The summed E-state index contributed by atoms with van der Waals surface area (Å²) in [4.78, 5) is 0. The van der Waals surface area contributed by atoms with Gasteiger partial charge in [0, 0.05) is 23.1 Å². The standard InChI is InChI=1S/C22H17NOS/c25-22-19(15-16-9-3-1-4-10-16)21(23-17-11-5-2-6-12-17)18-13-7-8-14-20(18)24-22/h1-14,23H,15H2. The summed E-state index contributed by atoms with van der Waals surface area (Å²) < 4.78 is 6.45. The molecule has 0 aliphatic carbocycles. The minimum absolute atomic E-state index is 0.529. The fourth-order valence-corrected chi connectivity index (χ4v) is 3.22. The van der Waals surface area contributed by atoms with Crippen LogP contribution in [0.3, 0.4) is 0 Å².